The number of aliphatic imine (C=N–C) groups is 2. The summed E-state index contributed by atoms with van der Waals surface area (Å²) in [6, 6.07) is 3.45. The highest BCUT2D eigenvalue weighted by atomic mass is 19.4. The maximum Gasteiger partial charge on any atom is 0.460 e. The summed E-state index contributed by atoms with van der Waals surface area (Å²) < 4.78 is 339. The molecule has 0 radical (unpaired) electrons. The van der Waals surface area contributed by atoms with Crippen molar-refractivity contribution in [2.75, 3.05) is 0 Å². The summed E-state index contributed by atoms with van der Waals surface area (Å²) in [6.45, 7) is 3.73. The Labute approximate surface area is 331 Å². The van der Waals surface area contributed by atoms with E-state index in [0.29, 0.717) is 0 Å². The molecule has 2 aromatic rings. The Hall–Kier alpha value is -4.49. The van der Waals surface area contributed by atoms with E-state index in [-0.39, 0.29) is 45.8 Å². The van der Waals surface area contributed by atoms with Crippen molar-refractivity contribution in [1.82, 2.24) is 0 Å². The SMILES string of the molecule is Cc1cc(/C=C/C(F)(F)C(F)(F)C(F)(F)C(F)(F)C(F)(F)C(C)(F)F)cc(C)c1/N=C/C=N/c1c(C)cc(/C=C/C(F)(F)C(F)(F)C(F)(F)C(F)(F)C(F)(F)C(F)(F)F)cc1C. The van der Waals surface area contributed by atoms with Crippen LogP contribution in [0.15, 0.2) is 46.4 Å². The number of aryl methyl sites for hydroxylation is 4. The molecule has 0 fully saturated rings. The average Bonchev–Trinajstić information content (AvgIpc) is 3.08. The number of hydrogen-bond acceptors (Lipinski definition) is 2. The van der Waals surface area contributed by atoms with Crippen molar-refractivity contribution in [3.63, 3.8) is 0 Å². The van der Waals surface area contributed by atoms with Crippen LogP contribution in [-0.2, 0) is 0 Å². The molecule has 27 heteroatoms. The van der Waals surface area contributed by atoms with E-state index >= 15 is 0 Å². The van der Waals surface area contributed by atoms with E-state index in [1.165, 1.54) is 27.7 Å². The predicted molar refractivity (Wildman–Crippen MR) is 172 cm³/mol. The number of nitrogens with zero attached hydrogens (tertiary/aromatic N) is 2. The topological polar surface area (TPSA) is 24.7 Å². The second-order valence-electron chi connectivity index (χ2n) is 13.5. The molecule has 0 saturated carbocycles. The second-order valence-corrected chi connectivity index (χ2v) is 13.5. The zero-order chi connectivity index (χ0) is 49.1. The van der Waals surface area contributed by atoms with E-state index < -0.39 is 102 Å². The molecule has 0 aliphatic carbocycles. The number of hydrogen-bond donors (Lipinski definition) is 0. The zero-order valence-electron chi connectivity index (χ0n) is 31.1. The molecule has 2 rings (SSSR count). The monoisotopic (exact) mass is 948 g/mol. The lowest BCUT2D eigenvalue weighted by Crippen LogP contribution is -2.70. The number of alkyl halides is 25. The molecule has 0 aliphatic rings. The summed E-state index contributed by atoms with van der Waals surface area (Å²) in [5.74, 6) is -80.5. The minimum Gasteiger partial charge on any atom is -0.255 e. The van der Waals surface area contributed by atoms with Crippen molar-refractivity contribution in [3.05, 3.63) is 69.8 Å². The summed E-state index contributed by atoms with van der Waals surface area (Å²) in [7, 11) is 0. The van der Waals surface area contributed by atoms with Gasteiger partial charge in [0.2, 0.25) is 0 Å². The standard InChI is InChI=1S/C35H25F25N2/c1-16-12-20(6-8-25(38,39)28(44,45)31(50,51)30(48,49)27(42,43)24(5,36)37)13-17(2)22(16)61-10-11-62-23-18(3)14-21(15-19(23)4)7-9-26(40,41)29(46,47)32(52,53)33(54,55)34(56,57)35(58,59)60/h6-15H,1-5H3/b8-6+,9-7+,61-10+,62-11+. The minimum atomic E-state index is -8.08. The Morgan fingerprint density at radius 1 is 0.355 bits per heavy atom. The number of allylic oxidation sites excluding steroid dienone is 2. The van der Waals surface area contributed by atoms with Crippen molar-refractivity contribution in [1.29, 1.82) is 0 Å². The van der Waals surface area contributed by atoms with Crippen molar-refractivity contribution < 1.29 is 110 Å². The van der Waals surface area contributed by atoms with E-state index in [0.717, 1.165) is 36.7 Å². The number of halogens is 25. The van der Waals surface area contributed by atoms with Crippen LogP contribution in [0.25, 0.3) is 12.2 Å². The Balaban J connectivity index is 2.37. The first-order valence-electron chi connectivity index (χ1n) is 16.2. The Morgan fingerprint density at radius 3 is 0.839 bits per heavy atom. The Bertz CT molecular complexity index is 1890. The highest BCUT2D eigenvalue weighted by Gasteiger charge is 2.91. The van der Waals surface area contributed by atoms with Gasteiger partial charge in [-0.15, -0.1) is 0 Å². The molecule has 2 nitrogen and oxygen atoms in total. The van der Waals surface area contributed by atoms with Gasteiger partial charge in [0, 0.05) is 19.4 Å². The first-order valence-corrected chi connectivity index (χ1v) is 16.2. The van der Waals surface area contributed by atoms with E-state index in [4.69, 9.17) is 0 Å². The molecule has 62 heavy (non-hydrogen) atoms. The van der Waals surface area contributed by atoms with Crippen LogP contribution in [0.3, 0.4) is 0 Å². The van der Waals surface area contributed by atoms with Gasteiger partial charge in [-0.05, 0) is 97.5 Å². The van der Waals surface area contributed by atoms with Crippen LogP contribution in [0, 0.1) is 27.7 Å². The van der Waals surface area contributed by atoms with E-state index in [1.54, 1.807) is 0 Å². The molecule has 0 saturated heterocycles. The molecule has 0 amide bonds. The lowest BCUT2D eigenvalue weighted by atomic mass is 9.91. The van der Waals surface area contributed by atoms with Crippen LogP contribution in [0.1, 0.15) is 40.3 Å². The largest absolute Gasteiger partial charge is 0.460 e. The fourth-order valence-corrected chi connectivity index (χ4v) is 5.07. The molecule has 0 bridgehead atoms. The van der Waals surface area contributed by atoms with Crippen molar-refractivity contribution in [2.24, 2.45) is 9.98 Å². The van der Waals surface area contributed by atoms with Crippen LogP contribution in [-0.4, -0.2) is 83.8 Å². The third-order valence-electron chi connectivity index (χ3n) is 8.58. The van der Waals surface area contributed by atoms with Crippen molar-refractivity contribution in [2.45, 2.75) is 106 Å². The molecule has 0 N–H and O–H groups in total. The first-order chi connectivity index (χ1) is 27.2. The van der Waals surface area contributed by atoms with Gasteiger partial charge in [0.1, 0.15) is 0 Å². The summed E-state index contributed by atoms with van der Waals surface area (Å²) in [5, 5.41) is 0. The molecule has 0 aliphatic heterocycles. The fraction of sp³-hybridized carbons (Fsp3) is 0.486. The summed E-state index contributed by atoms with van der Waals surface area (Å²) in [4.78, 5) is 7.92. The van der Waals surface area contributed by atoms with Gasteiger partial charge in [-0.3, -0.25) is 9.98 Å². The van der Waals surface area contributed by atoms with Gasteiger partial charge in [0.25, 0.3) is 0 Å². The summed E-state index contributed by atoms with van der Waals surface area (Å²) in [6.07, 6.45) is -8.05. The third kappa shape index (κ3) is 8.85. The van der Waals surface area contributed by atoms with Gasteiger partial charge < -0.3 is 0 Å². The van der Waals surface area contributed by atoms with Gasteiger partial charge in [-0.25, -0.2) is 0 Å². The van der Waals surface area contributed by atoms with E-state index in [9.17, 15) is 110 Å². The summed E-state index contributed by atoms with van der Waals surface area (Å²) in [5.41, 5.74) is -1.26. The van der Waals surface area contributed by atoms with Crippen LogP contribution in [0.4, 0.5) is 121 Å². The average molecular weight is 949 g/mol. The van der Waals surface area contributed by atoms with Gasteiger partial charge in [0.05, 0.1) is 11.4 Å². The van der Waals surface area contributed by atoms with E-state index in [2.05, 4.69) is 9.98 Å². The molecule has 0 unspecified atom stereocenters. The number of rotatable bonds is 16. The fourth-order valence-electron chi connectivity index (χ4n) is 5.07. The normalized spacial score (nSPS) is 15.6. The Kier molecular flexibility index (Phi) is 14.1. The smallest absolute Gasteiger partial charge is 0.255 e. The van der Waals surface area contributed by atoms with Crippen LogP contribution >= 0.6 is 0 Å². The minimum absolute atomic E-state index is 0.00696. The quantitative estimate of drug-likeness (QED) is 0.118. The lowest BCUT2D eigenvalue weighted by molar-refractivity contribution is -0.436. The van der Waals surface area contributed by atoms with Gasteiger partial charge >= 0.3 is 71.3 Å². The van der Waals surface area contributed by atoms with Crippen molar-refractivity contribution >= 4 is 36.0 Å². The van der Waals surface area contributed by atoms with Crippen LogP contribution < -0.4 is 0 Å². The molecular weight excluding hydrogens is 923 g/mol. The molecule has 2 aromatic carbocycles. The second kappa shape index (κ2) is 16.3. The maximum absolute atomic E-state index is 14.3. The molecule has 0 heterocycles. The highest BCUT2D eigenvalue weighted by Crippen LogP contribution is 2.62. The number of benzene rings is 2. The third-order valence-corrected chi connectivity index (χ3v) is 8.58. The van der Waals surface area contributed by atoms with Gasteiger partial charge in [0.15, 0.2) is 0 Å². The van der Waals surface area contributed by atoms with Crippen LogP contribution in [0.2, 0.25) is 0 Å². The zero-order valence-corrected chi connectivity index (χ0v) is 31.1. The van der Waals surface area contributed by atoms with Gasteiger partial charge in [-0.1, -0.05) is 12.2 Å². The Morgan fingerprint density at radius 2 is 0.597 bits per heavy atom. The molecular formula is C35H25F25N2. The highest BCUT2D eigenvalue weighted by molar-refractivity contribution is 6.17. The summed E-state index contributed by atoms with van der Waals surface area (Å²) >= 11 is 0. The van der Waals surface area contributed by atoms with Crippen LogP contribution in [0.5, 0.6) is 0 Å². The molecule has 0 atom stereocenters. The maximum atomic E-state index is 14.3. The predicted octanol–water partition coefficient (Wildman–Crippen LogP) is 14.6. The first kappa shape index (κ1) is 53.6. The lowest BCUT2D eigenvalue weighted by Gasteiger charge is -2.40. The molecule has 350 valence electrons. The molecule has 0 spiro atoms. The van der Waals surface area contributed by atoms with Crippen molar-refractivity contribution in [3.8, 4) is 0 Å². The molecule has 0 aromatic heterocycles. The van der Waals surface area contributed by atoms with E-state index in [1.807, 2.05) is 0 Å². The van der Waals surface area contributed by atoms with Gasteiger partial charge in [-0.2, -0.15) is 110 Å².